The van der Waals surface area contributed by atoms with Crippen molar-refractivity contribution in [1.82, 2.24) is 4.98 Å². The second kappa shape index (κ2) is 3.05. The summed E-state index contributed by atoms with van der Waals surface area (Å²) in [4.78, 5) is 6.64. The second-order valence-corrected chi connectivity index (χ2v) is 3.78. The van der Waals surface area contributed by atoms with E-state index in [9.17, 15) is 0 Å². The average molecular weight is 180 g/mol. The van der Waals surface area contributed by atoms with Gasteiger partial charge in [-0.15, -0.1) is 0 Å². The van der Waals surface area contributed by atoms with Gasteiger partial charge in [-0.1, -0.05) is 13.8 Å². The molecule has 0 N–H and O–H groups in total. The van der Waals surface area contributed by atoms with E-state index in [1.807, 2.05) is 0 Å². The number of anilines is 1. The van der Waals surface area contributed by atoms with Gasteiger partial charge in [-0.25, -0.2) is 4.98 Å². The van der Waals surface area contributed by atoms with Crippen molar-refractivity contribution in [2.45, 2.75) is 32.6 Å². The van der Waals surface area contributed by atoms with Gasteiger partial charge < -0.3 is 9.32 Å². The highest BCUT2D eigenvalue weighted by Crippen LogP contribution is 2.30. The summed E-state index contributed by atoms with van der Waals surface area (Å²) in [6, 6.07) is 0. The fourth-order valence-corrected chi connectivity index (χ4v) is 1.58. The molecule has 0 amide bonds. The Kier molecular flexibility index (Phi) is 2.02. The highest BCUT2D eigenvalue weighted by atomic mass is 16.4. The van der Waals surface area contributed by atoms with Crippen molar-refractivity contribution in [3.8, 4) is 0 Å². The first kappa shape index (κ1) is 8.60. The van der Waals surface area contributed by atoms with E-state index in [0.29, 0.717) is 5.92 Å². The maximum absolute atomic E-state index is 5.71. The minimum atomic E-state index is 0.444. The normalized spacial score (nSPS) is 17.6. The number of likely N-dealkylation sites (N-methyl/N-ethyl adjacent to an activating group) is 1. The number of nitrogens with zero attached hydrogens (tertiary/aromatic N) is 2. The lowest BCUT2D eigenvalue weighted by atomic mass is 10.1. The van der Waals surface area contributed by atoms with Crippen LogP contribution in [-0.2, 0) is 6.42 Å². The number of oxazole rings is 1. The van der Waals surface area contributed by atoms with Gasteiger partial charge in [0.15, 0.2) is 5.89 Å². The molecule has 0 bridgehead atoms. The Labute approximate surface area is 78.8 Å². The monoisotopic (exact) mass is 180 g/mol. The summed E-state index contributed by atoms with van der Waals surface area (Å²) in [5, 5.41) is 0. The van der Waals surface area contributed by atoms with Crippen LogP contribution in [0.5, 0.6) is 0 Å². The standard InChI is InChI=1S/C10H16N2O/c1-4-7(2)9-11-8-5-6-12(3)10(8)13-9/h7H,4-6H2,1-3H3. The zero-order valence-electron chi connectivity index (χ0n) is 8.50. The van der Waals surface area contributed by atoms with Crippen LogP contribution in [0.15, 0.2) is 4.42 Å². The number of fused-ring (bicyclic) bond motifs is 1. The Morgan fingerprint density at radius 3 is 3.00 bits per heavy atom. The zero-order chi connectivity index (χ0) is 9.42. The van der Waals surface area contributed by atoms with Crippen LogP contribution >= 0.6 is 0 Å². The Bertz CT molecular complexity index is 306. The summed E-state index contributed by atoms with van der Waals surface area (Å²) < 4.78 is 5.71. The molecule has 1 aliphatic heterocycles. The Hall–Kier alpha value is -0.990. The molecule has 1 unspecified atom stereocenters. The first-order valence-electron chi connectivity index (χ1n) is 4.93. The van der Waals surface area contributed by atoms with E-state index in [2.05, 4.69) is 30.8 Å². The lowest BCUT2D eigenvalue weighted by Gasteiger charge is -2.08. The second-order valence-electron chi connectivity index (χ2n) is 3.78. The molecule has 0 aromatic carbocycles. The molecule has 1 atom stereocenters. The van der Waals surface area contributed by atoms with Crippen LogP contribution in [0, 0.1) is 0 Å². The summed E-state index contributed by atoms with van der Waals surface area (Å²) in [7, 11) is 2.05. The first-order valence-corrected chi connectivity index (χ1v) is 4.93. The first-order chi connectivity index (χ1) is 6.22. The third-order valence-electron chi connectivity index (χ3n) is 2.76. The quantitative estimate of drug-likeness (QED) is 0.698. The summed E-state index contributed by atoms with van der Waals surface area (Å²) in [6.45, 7) is 5.35. The molecule has 3 nitrogen and oxygen atoms in total. The van der Waals surface area contributed by atoms with Crippen LogP contribution in [-0.4, -0.2) is 18.6 Å². The van der Waals surface area contributed by atoms with Gasteiger partial charge >= 0.3 is 0 Å². The van der Waals surface area contributed by atoms with Crippen LogP contribution in [0.25, 0.3) is 0 Å². The van der Waals surface area contributed by atoms with Crippen LogP contribution < -0.4 is 4.90 Å². The van der Waals surface area contributed by atoms with Crippen LogP contribution in [0.3, 0.4) is 0 Å². The molecule has 3 heteroatoms. The van der Waals surface area contributed by atoms with E-state index in [1.165, 1.54) is 0 Å². The third-order valence-corrected chi connectivity index (χ3v) is 2.76. The SMILES string of the molecule is CCC(C)c1nc2c(o1)N(C)CC2. The van der Waals surface area contributed by atoms with Crippen molar-refractivity contribution in [3.05, 3.63) is 11.6 Å². The molecule has 1 aromatic rings. The Morgan fingerprint density at radius 1 is 1.62 bits per heavy atom. The smallest absolute Gasteiger partial charge is 0.219 e. The molecule has 1 aliphatic rings. The summed E-state index contributed by atoms with van der Waals surface area (Å²) in [6.07, 6.45) is 2.12. The predicted octanol–water partition coefficient (Wildman–Crippen LogP) is 2.18. The molecule has 1 aromatic heterocycles. The molecule has 0 fully saturated rings. The minimum Gasteiger partial charge on any atom is -0.425 e. The Morgan fingerprint density at radius 2 is 2.38 bits per heavy atom. The lowest BCUT2D eigenvalue weighted by Crippen LogP contribution is -2.12. The zero-order valence-corrected chi connectivity index (χ0v) is 8.50. The van der Waals surface area contributed by atoms with Gasteiger partial charge in [-0.3, -0.25) is 0 Å². The predicted molar refractivity (Wildman–Crippen MR) is 52.2 cm³/mol. The van der Waals surface area contributed by atoms with Gasteiger partial charge in [0.25, 0.3) is 0 Å². The molecule has 2 heterocycles. The van der Waals surface area contributed by atoms with Crippen LogP contribution in [0.1, 0.15) is 37.8 Å². The summed E-state index contributed by atoms with van der Waals surface area (Å²) in [5.41, 5.74) is 1.14. The van der Waals surface area contributed by atoms with Crippen molar-refractivity contribution >= 4 is 5.88 Å². The molecule has 2 rings (SSSR count). The van der Waals surface area contributed by atoms with Crippen molar-refractivity contribution in [3.63, 3.8) is 0 Å². The number of hydrogen-bond donors (Lipinski definition) is 0. The van der Waals surface area contributed by atoms with E-state index in [4.69, 9.17) is 4.42 Å². The maximum atomic E-state index is 5.71. The highest BCUT2D eigenvalue weighted by molar-refractivity contribution is 5.45. The molecule has 0 saturated heterocycles. The van der Waals surface area contributed by atoms with Gasteiger partial charge in [0.2, 0.25) is 5.88 Å². The van der Waals surface area contributed by atoms with Gasteiger partial charge in [-0.05, 0) is 6.42 Å². The van der Waals surface area contributed by atoms with E-state index in [1.54, 1.807) is 0 Å². The van der Waals surface area contributed by atoms with Crippen molar-refractivity contribution < 1.29 is 4.42 Å². The fourth-order valence-electron chi connectivity index (χ4n) is 1.58. The van der Waals surface area contributed by atoms with Gasteiger partial charge in [0.1, 0.15) is 5.69 Å². The van der Waals surface area contributed by atoms with E-state index in [0.717, 1.165) is 36.9 Å². The van der Waals surface area contributed by atoms with Gasteiger partial charge in [0.05, 0.1) is 0 Å². The maximum Gasteiger partial charge on any atom is 0.219 e. The Balaban J connectivity index is 2.28. The molecule has 72 valence electrons. The van der Waals surface area contributed by atoms with Crippen molar-refractivity contribution in [1.29, 1.82) is 0 Å². The number of aromatic nitrogens is 1. The van der Waals surface area contributed by atoms with E-state index < -0.39 is 0 Å². The summed E-state index contributed by atoms with van der Waals surface area (Å²) in [5.74, 6) is 2.33. The molecule has 0 spiro atoms. The number of hydrogen-bond acceptors (Lipinski definition) is 3. The highest BCUT2D eigenvalue weighted by Gasteiger charge is 2.24. The van der Waals surface area contributed by atoms with Crippen LogP contribution in [0.4, 0.5) is 5.88 Å². The lowest BCUT2D eigenvalue weighted by molar-refractivity contribution is 0.453. The van der Waals surface area contributed by atoms with Crippen LogP contribution in [0.2, 0.25) is 0 Å². The van der Waals surface area contributed by atoms with E-state index >= 15 is 0 Å². The minimum absolute atomic E-state index is 0.444. The molecule has 13 heavy (non-hydrogen) atoms. The average Bonchev–Trinajstić information content (AvgIpc) is 2.67. The molecular formula is C10H16N2O. The van der Waals surface area contributed by atoms with Gasteiger partial charge in [-0.2, -0.15) is 0 Å². The van der Waals surface area contributed by atoms with E-state index in [-0.39, 0.29) is 0 Å². The molecule has 0 saturated carbocycles. The van der Waals surface area contributed by atoms with Gasteiger partial charge in [0, 0.05) is 25.9 Å². The molecule has 0 radical (unpaired) electrons. The molecule has 0 aliphatic carbocycles. The topological polar surface area (TPSA) is 29.3 Å². The summed E-state index contributed by atoms with van der Waals surface area (Å²) >= 11 is 0. The third kappa shape index (κ3) is 1.32. The fraction of sp³-hybridized carbons (Fsp3) is 0.700. The largest absolute Gasteiger partial charge is 0.425 e. The van der Waals surface area contributed by atoms with Crippen molar-refractivity contribution in [2.75, 3.05) is 18.5 Å². The number of rotatable bonds is 2. The van der Waals surface area contributed by atoms with Crippen molar-refractivity contribution in [2.24, 2.45) is 0 Å². The molecular weight excluding hydrogens is 164 g/mol.